The normalized spacial score (nSPS) is 17.7. The summed E-state index contributed by atoms with van der Waals surface area (Å²) < 4.78 is 5.89. The van der Waals surface area contributed by atoms with Crippen molar-refractivity contribution in [1.29, 1.82) is 0 Å². The van der Waals surface area contributed by atoms with Gasteiger partial charge in [-0.25, -0.2) is 0 Å². The van der Waals surface area contributed by atoms with E-state index in [0.29, 0.717) is 0 Å². The van der Waals surface area contributed by atoms with Crippen LogP contribution in [0.2, 0.25) is 0 Å². The van der Waals surface area contributed by atoms with E-state index in [1.165, 1.54) is 44.9 Å². The maximum absolute atomic E-state index is 5.89. The lowest BCUT2D eigenvalue weighted by atomic mass is 9.85. The predicted octanol–water partition coefficient (Wildman–Crippen LogP) is 6.11. The van der Waals surface area contributed by atoms with Crippen LogP contribution in [-0.4, -0.2) is 23.5 Å². The summed E-state index contributed by atoms with van der Waals surface area (Å²) in [5.74, 6) is 1.93. The van der Waals surface area contributed by atoms with E-state index in [0.717, 1.165) is 30.2 Å². The van der Waals surface area contributed by atoms with E-state index in [-0.39, 0.29) is 11.1 Å². The molecule has 0 radical (unpaired) electrons. The number of ether oxygens (including phenoxy) is 1. The maximum atomic E-state index is 5.89. The second-order valence-corrected chi connectivity index (χ2v) is 8.62. The fraction of sp³-hybridized carbons (Fsp3) is 0.696. The molecule has 1 aromatic rings. The molecule has 0 unspecified atom stereocenters. The van der Waals surface area contributed by atoms with Gasteiger partial charge in [-0.1, -0.05) is 51.9 Å². The van der Waals surface area contributed by atoms with Gasteiger partial charge in [0.1, 0.15) is 11.6 Å². The highest BCUT2D eigenvalue weighted by Gasteiger charge is 2.42. The molecule has 1 N–H and O–H groups in total. The molecule has 26 heavy (non-hydrogen) atoms. The summed E-state index contributed by atoms with van der Waals surface area (Å²) >= 11 is 0. The number of nitrogens with zero attached hydrogens (tertiary/aromatic N) is 1. The van der Waals surface area contributed by atoms with Crippen molar-refractivity contribution in [3.63, 3.8) is 0 Å². The van der Waals surface area contributed by atoms with E-state index >= 15 is 0 Å². The first-order chi connectivity index (χ1) is 12.4. The summed E-state index contributed by atoms with van der Waals surface area (Å²) in [4.78, 5) is 4.86. The lowest BCUT2D eigenvalue weighted by Crippen LogP contribution is -2.50. The fourth-order valence-corrected chi connectivity index (χ4v) is 3.17. The van der Waals surface area contributed by atoms with Gasteiger partial charge in [0.2, 0.25) is 0 Å². The van der Waals surface area contributed by atoms with E-state index in [4.69, 9.17) is 9.73 Å². The summed E-state index contributed by atoms with van der Waals surface area (Å²) in [6, 6.07) is 8.32. The number of aliphatic imine (C=N–C) groups is 1. The maximum Gasteiger partial charge on any atom is 0.129 e. The molecule has 2 rings (SSSR count). The number of hydrogen-bond acceptors (Lipinski definition) is 3. The van der Waals surface area contributed by atoms with Gasteiger partial charge < -0.3 is 10.1 Å². The summed E-state index contributed by atoms with van der Waals surface area (Å²) in [7, 11) is 0. The Labute approximate surface area is 160 Å². The van der Waals surface area contributed by atoms with Crippen LogP contribution in [0.4, 0.5) is 0 Å². The van der Waals surface area contributed by atoms with Crippen molar-refractivity contribution >= 4 is 5.84 Å². The number of amidine groups is 1. The van der Waals surface area contributed by atoms with E-state index in [9.17, 15) is 0 Å². The van der Waals surface area contributed by atoms with Crippen LogP contribution in [0.1, 0.15) is 91.5 Å². The number of rotatable bonds is 11. The van der Waals surface area contributed by atoms with Gasteiger partial charge in [0.25, 0.3) is 0 Å². The highest BCUT2D eigenvalue weighted by Crippen LogP contribution is 2.31. The summed E-state index contributed by atoms with van der Waals surface area (Å²) in [6.45, 7) is 11.8. The topological polar surface area (TPSA) is 33.6 Å². The molecule has 0 aromatic heterocycles. The zero-order chi connectivity index (χ0) is 19.0. The van der Waals surface area contributed by atoms with Gasteiger partial charge in [0.05, 0.1) is 17.7 Å². The molecule has 3 nitrogen and oxygen atoms in total. The second kappa shape index (κ2) is 9.43. The molecule has 1 heterocycles. The van der Waals surface area contributed by atoms with E-state index in [2.05, 4.69) is 64.2 Å². The first-order valence-electron chi connectivity index (χ1n) is 10.5. The third kappa shape index (κ3) is 5.75. The van der Waals surface area contributed by atoms with Crippen LogP contribution in [0.25, 0.3) is 0 Å². The van der Waals surface area contributed by atoms with Crippen molar-refractivity contribution in [3.05, 3.63) is 29.8 Å². The van der Waals surface area contributed by atoms with Gasteiger partial charge in [-0.15, -0.1) is 0 Å². The van der Waals surface area contributed by atoms with Crippen LogP contribution in [0.5, 0.6) is 5.75 Å². The summed E-state index contributed by atoms with van der Waals surface area (Å²) in [5, 5.41) is 3.55. The van der Waals surface area contributed by atoms with Crippen LogP contribution < -0.4 is 10.1 Å². The standard InChI is InChI=1S/C23H38N2O/c1-6-7-8-9-10-11-12-13-18-26-20-16-14-19(15-17-20)21-24-22(2,3)23(4,5)25-21/h14-17H,6-13,18H2,1-5H3,(H,24,25). The number of hydrogen-bond donors (Lipinski definition) is 1. The minimum Gasteiger partial charge on any atom is -0.494 e. The number of benzene rings is 1. The van der Waals surface area contributed by atoms with E-state index in [1.54, 1.807) is 0 Å². The minimum absolute atomic E-state index is 0.0337. The summed E-state index contributed by atoms with van der Waals surface area (Å²) in [5.41, 5.74) is 0.991. The van der Waals surface area contributed by atoms with Crippen LogP contribution in [0.15, 0.2) is 29.3 Å². The SMILES string of the molecule is CCCCCCCCCCOc1ccc(C2=NC(C)(C)C(C)(C)N2)cc1. The molecular formula is C23H38N2O. The fourth-order valence-electron chi connectivity index (χ4n) is 3.17. The molecule has 0 atom stereocenters. The molecule has 1 aliphatic rings. The third-order valence-corrected chi connectivity index (χ3v) is 5.75. The highest BCUT2D eigenvalue weighted by molar-refractivity contribution is 6.01. The Bertz CT molecular complexity index is 572. The molecule has 146 valence electrons. The number of nitrogens with one attached hydrogen (secondary N) is 1. The van der Waals surface area contributed by atoms with Crippen molar-refractivity contribution in [2.45, 2.75) is 97.1 Å². The Morgan fingerprint density at radius 1 is 0.846 bits per heavy atom. The van der Waals surface area contributed by atoms with E-state index in [1.807, 2.05) is 0 Å². The zero-order valence-corrected chi connectivity index (χ0v) is 17.5. The zero-order valence-electron chi connectivity index (χ0n) is 17.5. The molecule has 0 saturated heterocycles. The van der Waals surface area contributed by atoms with Crippen LogP contribution in [0.3, 0.4) is 0 Å². The van der Waals surface area contributed by atoms with Gasteiger partial charge >= 0.3 is 0 Å². The minimum atomic E-state index is -0.103. The lowest BCUT2D eigenvalue weighted by Gasteiger charge is -2.32. The first kappa shape index (κ1) is 20.8. The predicted molar refractivity (Wildman–Crippen MR) is 112 cm³/mol. The van der Waals surface area contributed by atoms with Crippen LogP contribution in [0, 0.1) is 0 Å². The number of unbranched alkanes of at least 4 members (excludes halogenated alkanes) is 7. The van der Waals surface area contributed by atoms with Crippen molar-refractivity contribution in [2.75, 3.05) is 6.61 Å². The molecule has 3 heteroatoms. The molecule has 0 aliphatic carbocycles. The Kier molecular flexibility index (Phi) is 7.55. The molecule has 0 fully saturated rings. The molecule has 0 saturated carbocycles. The highest BCUT2D eigenvalue weighted by atomic mass is 16.5. The monoisotopic (exact) mass is 358 g/mol. The molecule has 1 aromatic carbocycles. The van der Waals surface area contributed by atoms with Gasteiger partial charge in [0, 0.05) is 5.56 Å². The van der Waals surface area contributed by atoms with Gasteiger partial charge in [-0.05, 0) is 58.4 Å². The van der Waals surface area contributed by atoms with Crippen molar-refractivity contribution < 1.29 is 4.74 Å². The lowest BCUT2D eigenvalue weighted by molar-refractivity contribution is 0.304. The largest absolute Gasteiger partial charge is 0.494 e. The Morgan fingerprint density at radius 2 is 1.42 bits per heavy atom. The van der Waals surface area contributed by atoms with Crippen LogP contribution in [-0.2, 0) is 0 Å². The smallest absolute Gasteiger partial charge is 0.129 e. The molecule has 0 spiro atoms. The average molecular weight is 359 g/mol. The van der Waals surface area contributed by atoms with Gasteiger partial charge in [0.15, 0.2) is 0 Å². The molecular weight excluding hydrogens is 320 g/mol. The first-order valence-corrected chi connectivity index (χ1v) is 10.5. The Hall–Kier alpha value is -1.51. The van der Waals surface area contributed by atoms with Crippen molar-refractivity contribution in [1.82, 2.24) is 5.32 Å². The molecule has 0 bridgehead atoms. The van der Waals surface area contributed by atoms with Gasteiger partial charge in [-0.3, -0.25) is 4.99 Å². The quantitative estimate of drug-likeness (QED) is 0.484. The summed E-state index contributed by atoms with van der Waals surface area (Å²) in [6.07, 6.45) is 10.6. The third-order valence-electron chi connectivity index (χ3n) is 5.75. The Morgan fingerprint density at radius 3 is 1.96 bits per heavy atom. The van der Waals surface area contributed by atoms with Crippen LogP contribution >= 0.6 is 0 Å². The van der Waals surface area contributed by atoms with Crippen molar-refractivity contribution in [2.24, 2.45) is 4.99 Å². The van der Waals surface area contributed by atoms with E-state index < -0.39 is 0 Å². The second-order valence-electron chi connectivity index (χ2n) is 8.62. The Balaban J connectivity index is 1.69. The average Bonchev–Trinajstić information content (AvgIpc) is 2.82. The van der Waals surface area contributed by atoms with Gasteiger partial charge in [-0.2, -0.15) is 0 Å². The molecule has 0 amide bonds. The molecule has 1 aliphatic heterocycles. The van der Waals surface area contributed by atoms with Crippen molar-refractivity contribution in [3.8, 4) is 5.75 Å².